The van der Waals surface area contributed by atoms with Gasteiger partial charge in [0.15, 0.2) is 0 Å². The van der Waals surface area contributed by atoms with Crippen molar-refractivity contribution in [3.8, 4) is 0 Å². The van der Waals surface area contributed by atoms with Crippen LogP contribution in [0, 0.1) is 6.92 Å². The molecular weight excluding hydrogens is 332 g/mol. The Balaban J connectivity index is 2.23. The fraction of sp³-hybridized carbons (Fsp3) is 0.588. The predicted molar refractivity (Wildman–Crippen MR) is 95.8 cm³/mol. The van der Waals surface area contributed by atoms with Crippen molar-refractivity contribution in [3.05, 3.63) is 29.8 Å². The van der Waals surface area contributed by atoms with E-state index in [2.05, 4.69) is 9.30 Å². The number of alkyl halides is 1. The molecule has 0 atom stereocenters. The van der Waals surface area contributed by atoms with Gasteiger partial charge in [0.1, 0.15) is 5.84 Å². The minimum Gasteiger partial charge on any atom is -0.359 e. The maximum Gasteiger partial charge on any atom is 0.283 e. The molecule has 0 spiro atoms. The first-order valence-corrected chi connectivity index (χ1v) is 10.2. The molecule has 128 valence electrons. The van der Waals surface area contributed by atoms with E-state index in [1.807, 2.05) is 6.92 Å². The van der Waals surface area contributed by atoms with Crippen molar-refractivity contribution in [2.45, 2.75) is 50.3 Å². The maximum absolute atomic E-state index is 12.6. The molecule has 0 unspecified atom stereocenters. The standard InChI is InChI=1S/C17H25ClN2O2S/c1-15-8-10-16(11-9-15)23(21,22)19-17(7-3-4-12-18)20-13-5-2-6-14-20/h8-11H,2-7,12-14H2,1H3/b19-17-. The van der Waals surface area contributed by atoms with Crippen LogP contribution in [0.1, 0.15) is 44.1 Å². The van der Waals surface area contributed by atoms with Crippen molar-refractivity contribution in [2.75, 3.05) is 19.0 Å². The lowest BCUT2D eigenvalue weighted by Gasteiger charge is -2.29. The van der Waals surface area contributed by atoms with Crippen LogP contribution < -0.4 is 0 Å². The molecule has 0 saturated carbocycles. The zero-order valence-corrected chi connectivity index (χ0v) is 15.2. The molecule has 1 heterocycles. The fourth-order valence-corrected chi connectivity index (χ4v) is 3.95. The van der Waals surface area contributed by atoms with Gasteiger partial charge in [-0.05, 0) is 51.2 Å². The summed E-state index contributed by atoms with van der Waals surface area (Å²) in [7, 11) is -3.65. The van der Waals surface area contributed by atoms with Crippen LogP contribution in [0.4, 0.5) is 0 Å². The number of unbranched alkanes of at least 4 members (excludes halogenated alkanes) is 1. The van der Waals surface area contributed by atoms with E-state index < -0.39 is 10.0 Å². The van der Waals surface area contributed by atoms with Gasteiger partial charge in [-0.3, -0.25) is 0 Å². The highest BCUT2D eigenvalue weighted by Gasteiger charge is 2.19. The van der Waals surface area contributed by atoms with Crippen LogP contribution in [0.3, 0.4) is 0 Å². The average Bonchev–Trinajstić information content (AvgIpc) is 2.55. The molecule has 23 heavy (non-hydrogen) atoms. The van der Waals surface area contributed by atoms with Crippen LogP contribution in [-0.4, -0.2) is 38.1 Å². The quantitative estimate of drug-likeness (QED) is 0.335. The summed E-state index contributed by atoms with van der Waals surface area (Å²) in [5.41, 5.74) is 1.03. The van der Waals surface area contributed by atoms with Crippen molar-refractivity contribution < 1.29 is 8.42 Å². The largest absolute Gasteiger partial charge is 0.359 e. The summed E-state index contributed by atoms with van der Waals surface area (Å²) in [6.45, 7) is 3.72. The summed E-state index contributed by atoms with van der Waals surface area (Å²) in [6.07, 6.45) is 5.80. The highest BCUT2D eigenvalue weighted by atomic mass is 35.5. The monoisotopic (exact) mass is 356 g/mol. The van der Waals surface area contributed by atoms with Crippen molar-refractivity contribution in [3.63, 3.8) is 0 Å². The van der Waals surface area contributed by atoms with Crippen LogP contribution >= 0.6 is 11.6 Å². The normalized spacial score (nSPS) is 16.6. The van der Waals surface area contributed by atoms with Gasteiger partial charge in [0.2, 0.25) is 0 Å². The van der Waals surface area contributed by atoms with Crippen LogP contribution in [0.25, 0.3) is 0 Å². The zero-order chi connectivity index (χ0) is 16.7. The van der Waals surface area contributed by atoms with Crippen molar-refractivity contribution >= 4 is 27.5 Å². The molecule has 1 aromatic rings. The highest BCUT2D eigenvalue weighted by molar-refractivity contribution is 7.90. The summed E-state index contributed by atoms with van der Waals surface area (Å²) >= 11 is 5.74. The molecule has 0 bridgehead atoms. The molecule has 0 radical (unpaired) electrons. The summed E-state index contributed by atoms with van der Waals surface area (Å²) in [5.74, 6) is 1.29. The van der Waals surface area contributed by atoms with Gasteiger partial charge >= 0.3 is 0 Å². The minimum absolute atomic E-state index is 0.259. The van der Waals surface area contributed by atoms with Gasteiger partial charge in [0.25, 0.3) is 10.0 Å². The molecule has 4 nitrogen and oxygen atoms in total. The number of likely N-dealkylation sites (tertiary alicyclic amines) is 1. The Labute approximate surface area is 144 Å². The second-order valence-electron chi connectivity index (χ2n) is 5.99. The first-order chi connectivity index (χ1) is 11.0. The lowest BCUT2D eigenvalue weighted by atomic mass is 10.1. The van der Waals surface area contributed by atoms with Crippen LogP contribution in [-0.2, 0) is 10.0 Å². The van der Waals surface area contributed by atoms with Crippen molar-refractivity contribution in [1.29, 1.82) is 0 Å². The Hall–Kier alpha value is -1.07. The van der Waals surface area contributed by atoms with Gasteiger partial charge in [0.05, 0.1) is 4.90 Å². The molecule has 1 aromatic carbocycles. The van der Waals surface area contributed by atoms with E-state index in [4.69, 9.17) is 11.6 Å². The third-order valence-electron chi connectivity index (χ3n) is 4.05. The maximum atomic E-state index is 12.6. The first kappa shape index (κ1) is 18.3. The molecular formula is C17H25ClN2O2S. The number of halogens is 1. The molecule has 2 rings (SSSR count). The Morgan fingerprint density at radius 2 is 1.78 bits per heavy atom. The Morgan fingerprint density at radius 3 is 2.39 bits per heavy atom. The summed E-state index contributed by atoms with van der Waals surface area (Å²) in [4.78, 5) is 2.39. The van der Waals surface area contributed by atoms with E-state index in [-0.39, 0.29) is 4.90 Å². The Kier molecular flexibility index (Phi) is 6.90. The Morgan fingerprint density at radius 1 is 1.13 bits per heavy atom. The van der Waals surface area contributed by atoms with Gasteiger partial charge in [-0.2, -0.15) is 8.42 Å². The van der Waals surface area contributed by atoms with E-state index in [1.165, 1.54) is 6.42 Å². The molecule has 1 aliphatic rings. The molecule has 1 aliphatic heterocycles. The molecule has 0 N–H and O–H groups in total. The number of sulfonamides is 1. The first-order valence-electron chi connectivity index (χ1n) is 8.24. The van der Waals surface area contributed by atoms with E-state index in [0.29, 0.717) is 18.1 Å². The number of hydrogen-bond acceptors (Lipinski definition) is 2. The number of aryl methyl sites for hydroxylation is 1. The van der Waals surface area contributed by atoms with Gasteiger partial charge < -0.3 is 4.90 Å². The summed E-state index contributed by atoms with van der Waals surface area (Å²) in [5, 5.41) is 0. The molecule has 0 aromatic heterocycles. The number of benzene rings is 1. The van der Waals surface area contributed by atoms with Gasteiger partial charge in [0, 0.05) is 25.4 Å². The predicted octanol–water partition coefficient (Wildman–Crippen LogP) is 3.98. The average molecular weight is 357 g/mol. The van der Waals surface area contributed by atoms with Crippen LogP contribution in [0.15, 0.2) is 33.6 Å². The van der Waals surface area contributed by atoms with Gasteiger partial charge in [-0.25, -0.2) is 0 Å². The molecule has 1 saturated heterocycles. The minimum atomic E-state index is -3.65. The smallest absolute Gasteiger partial charge is 0.283 e. The second-order valence-corrected chi connectivity index (χ2v) is 7.97. The number of nitrogens with zero attached hydrogens (tertiary/aromatic N) is 2. The van der Waals surface area contributed by atoms with Gasteiger partial charge in [-0.1, -0.05) is 17.7 Å². The lowest BCUT2D eigenvalue weighted by Crippen LogP contribution is -2.36. The molecule has 0 aliphatic carbocycles. The molecule has 0 amide bonds. The molecule has 6 heteroatoms. The fourth-order valence-electron chi connectivity index (χ4n) is 2.69. The number of rotatable bonds is 6. The summed E-state index contributed by atoms with van der Waals surface area (Å²) in [6, 6.07) is 6.86. The van der Waals surface area contributed by atoms with E-state index in [0.717, 1.165) is 44.3 Å². The van der Waals surface area contributed by atoms with Crippen molar-refractivity contribution in [2.24, 2.45) is 4.40 Å². The van der Waals surface area contributed by atoms with E-state index in [1.54, 1.807) is 24.3 Å². The van der Waals surface area contributed by atoms with E-state index >= 15 is 0 Å². The number of amidine groups is 1. The topological polar surface area (TPSA) is 49.7 Å². The third-order valence-corrected chi connectivity index (χ3v) is 5.64. The zero-order valence-electron chi connectivity index (χ0n) is 13.7. The summed E-state index contributed by atoms with van der Waals surface area (Å²) < 4.78 is 29.4. The lowest BCUT2D eigenvalue weighted by molar-refractivity contribution is 0.336. The third kappa shape index (κ3) is 5.50. The molecule has 1 fully saturated rings. The Bertz CT molecular complexity index is 620. The van der Waals surface area contributed by atoms with Crippen LogP contribution in [0.2, 0.25) is 0 Å². The van der Waals surface area contributed by atoms with Crippen molar-refractivity contribution in [1.82, 2.24) is 4.90 Å². The SMILES string of the molecule is Cc1ccc(S(=O)(=O)/N=C(/CCCCCl)N2CCCCC2)cc1. The highest BCUT2D eigenvalue weighted by Crippen LogP contribution is 2.18. The number of piperidine rings is 1. The van der Waals surface area contributed by atoms with E-state index in [9.17, 15) is 8.42 Å². The van der Waals surface area contributed by atoms with Gasteiger partial charge in [-0.15, -0.1) is 16.0 Å². The second kappa shape index (κ2) is 8.69. The number of hydrogen-bond donors (Lipinski definition) is 0. The van der Waals surface area contributed by atoms with Crippen LogP contribution in [0.5, 0.6) is 0 Å².